The van der Waals surface area contributed by atoms with Gasteiger partial charge in [0.05, 0.1) is 6.42 Å². The average molecular weight is 177 g/mol. The first-order valence-electron chi connectivity index (χ1n) is 4.21. The first-order chi connectivity index (χ1) is 6.22. The largest absolute Gasteiger partial charge is 0.303 e. The summed E-state index contributed by atoms with van der Waals surface area (Å²) in [5.41, 5.74) is 5.26. The van der Waals surface area contributed by atoms with Gasteiger partial charge in [0.1, 0.15) is 5.66 Å². The molecule has 1 amide bonds. The van der Waals surface area contributed by atoms with Gasteiger partial charge in [0, 0.05) is 12.6 Å². The molecule has 4 nitrogen and oxygen atoms in total. The van der Waals surface area contributed by atoms with Crippen LogP contribution in [0.4, 0.5) is 0 Å². The molecule has 0 saturated heterocycles. The Morgan fingerprint density at radius 2 is 2.38 bits per heavy atom. The maximum absolute atomic E-state index is 11.3. The number of rotatable bonds is 1. The summed E-state index contributed by atoms with van der Waals surface area (Å²) < 4.78 is 0. The van der Waals surface area contributed by atoms with Crippen molar-refractivity contribution in [3.63, 3.8) is 0 Å². The average Bonchev–Trinajstić information content (AvgIpc) is 2.53. The monoisotopic (exact) mass is 177 g/mol. The fourth-order valence-corrected chi connectivity index (χ4v) is 1.47. The molecule has 1 atom stereocenters. The molecule has 4 heteroatoms. The molecule has 0 fully saturated rings. The molecule has 0 aromatic heterocycles. The Bertz CT molecular complexity index is 319. The fourth-order valence-electron chi connectivity index (χ4n) is 1.47. The molecule has 0 aromatic rings. The molecule has 2 N–H and O–H groups in total. The summed E-state index contributed by atoms with van der Waals surface area (Å²) in [6, 6.07) is 0. The Labute approximate surface area is 76.4 Å². The number of hydrogen-bond donors (Lipinski definition) is 1. The molecule has 68 valence electrons. The standard InChI is InChI=1S/C9H11N3O/c10-9(5-2-1-3-6-9)12-8(13)4-7-11-12/h1-3,5,7H,4,6,10H2. The van der Waals surface area contributed by atoms with Gasteiger partial charge in [-0.1, -0.05) is 18.2 Å². The van der Waals surface area contributed by atoms with Crippen molar-refractivity contribution in [2.45, 2.75) is 18.5 Å². The van der Waals surface area contributed by atoms with E-state index in [4.69, 9.17) is 5.73 Å². The van der Waals surface area contributed by atoms with E-state index in [0.29, 0.717) is 12.8 Å². The number of carbonyl (C=O) groups excluding carboxylic acids is 1. The van der Waals surface area contributed by atoms with E-state index in [1.54, 1.807) is 12.3 Å². The van der Waals surface area contributed by atoms with Crippen molar-refractivity contribution in [3.8, 4) is 0 Å². The molecule has 1 aliphatic carbocycles. The topological polar surface area (TPSA) is 58.7 Å². The van der Waals surface area contributed by atoms with E-state index < -0.39 is 5.66 Å². The highest BCUT2D eigenvalue weighted by atomic mass is 16.2. The molecule has 0 bridgehead atoms. The van der Waals surface area contributed by atoms with Crippen molar-refractivity contribution in [2.75, 3.05) is 0 Å². The third kappa shape index (κ3) is 1.29. The summed E-state index contributed by atoms with van der Waals surface area (Å²) in [6.07, 6.45) is 10.0. The quantitative estimate of drug-likeness (QED) is 0.629. The lowest BCUT2D eigenvalue weighted by Crippen LogP contribution is -2.53. The van der Waals surface area contributed by atoms with Crippen molar-refractivity contribution < 1.29 is 4.79 Å². The van der Waals surface area contributed by atoms with Crippen LogP contribution in [0.25, 0.3) is 0 Å². The van der Waals surface area contributed by atoms with Crippen LogP contribution < -0.4 is 5.73 Å². The predicted octanol–water partition coefficient (Wildman–Crippen LogP) is 0.376. The number of nitrogens with zero attached hydrogens (tertiary/aromatic N) is 2. The van der Waals surface area contributed by atoms with Crippen LogP contribution >= 0.6 is 0 Å². The molecule has 2 rings (SSSR count). The second kappa shape index (κ2) is 2.81. The van der Waals surface area contributed by atoms with E-state index in [1.165, 1.54) is 5.01 Å². The van der Waals surface area contributed by atoms with Crippen molar-refractivity contribution >= 4 is 12.1 Å². The van der Waals surface area contributed by atoms with Crippen LogP contribution in [-0.2, 0) is 4.79 Å². The first-order valence-corrected chi connectivity index (χ1v) is 4.21. The van der Waals surface area contributed by atoms with Crippen LogP contribution in [0, 0.1) is 0 Å². The molecule has 1 aliphatic heterocycles. The summed E-state index contributed by atoms with van der Waals surface area (Å²) in [4.78, 5) is 11.3. The lowest BCUT2D eigenvalue weighted by molar-refractivity contribution is -0.132. The maximum Gasteiger partial charge on any atom is 0.250 e. The minimum absolute atomic E-state index is 0.0394. The van der Waals surface area contributed by atoms with Crippen molar-refractivity contribution in [1.29, 1.82) is 0 Å². The zero-order chi connectivity index (χ0) is 9.31. The molecule has 1 unspecified atom stereocenters. The van der Waals surface area contributed by atoms with Crippen LogP contribution in [0.15, 0.2) is 29.4 Å². The summed E-state index contributed by atoms with van der Waals surface area (Å²) >= 11 is 0. The number of hydrazone groups is 1. The Morgan fingerprint density at radius 3 is 2.92 bits per heavy atom. The van der Waals surface area contributed by atoms with Gasteiger partial charge in [0.2, 0.25) is 5.91 Å². The van der Waals surface area contributed by atoms with Crippen molar-refractivity contribution in [2.24, 2.45) is 10.8 Å². The lowest BCUT2D eigenvalue weighted by Gasteiger charge is -2.33. The highest BCUT2D eigenvalue weighted by molar-refractivity contribution is 5.94. The summed E-state index contributed by atoms with van der Waals surface area (Å²) in [7, 11) is 0. The fraction of sp³-hybridized carbons (Fsp3) is 0.333. The molecular weight excluding hydrogens is 166 g/mol. The van der Waals surface area contributed by atoms with E-state index in [2.05, 4.69) is 5.10 Å². The van der Waals surface area contributed by atoms with Gasteiger partial charge in [-0.2, -0.15) is 5.10 Å². The minimum atomic E-state index is -0.751. The maximum atomic E-state index is 11.3. The number of allylic oxidation sites excluding steroid dienone is 2. The van der Waals surface area contributed by atoms with E-state index in [-0.39, 0.29) is 5.91 Å². The smallest absolute Gasteiger partial charge is 0.250 e. The lowest BCUT2D eigenvalue weighted by atomic mass is 10.0. The van der Waals surface area contributed by atoms with Crippen LogP contribution in [0.3, 0.4) is 0 Å². The Hall–Kier alpha value is -1.42. The third-order valence-corrected chi connectivity index (χ3v) is 2.17. The van der Waals surface area contributed by atoms with Crippen LogP contribution in [0.5, 0.6) is 0 Å². The first kappa shape index (κ1) is 8.19. The highest BCUT2D eigenvalue weighted by Gasteiger charge is 2.35. The second-order valence-electron chi connectivity index (χ2n) is 3.19. The molecule has 1 heterocycles. The molecule has 0 radical (unpaired) electrons. The molecular formula is C9H11N3O. The van der Waals surface area contributed by atoms with Gasteiger partial charge in [0.25, 0.3) is 0 Å². The van der Waals surface area contributed by atoms with Gasteiger partial charge < -0.3 is 5.73 Å². The predicted molar refractivity (Wildman–Crippen MR) is 49.8 cm³/mol. The van der Waals surface area contributed by atoms with Gasteiger partial charge in [-0.25, -0.2) is 5.01 Å². The second-order valence-corrected chi connectivity index (χ2v) is 3.19. The summed E-state index contributed by atoms with van der Waals surface area (Å²) in [5, 5.41) is 5.31. The summed E-state index contributed by atoms with van der Waals surface area (Å²) in [5.74, 6) is -0.0394. The minimum Gasteiger partial charge on any atom is -0.303 e. The van der Waals surface area contributed by atoms with Crippen molar-refractivity contribution in [1.82, 2.24) is 5.01 Å². The zero-order valence-electron chi connectivity index (χ0n) is 7.18. The number of hydrogen-bond acceptors (Lipinski definition) is 3. The third-order valence-electron chi connectivity index (χ3n) is 2.17. The van der Waals surface area contributed by atoms with E-state index in [1.807, 2.05) is 18.2 Å². The zero-order valence-corrected chi connectivity index (χ0v) is 7.18. The normalized spacial score (nSPS) is 31.8. The Morgan fingerprint density at radius 1 is 1.54 bits per heavy atom. The number of nitrogens with two attached hydrogens (primary N) is 1. The van der Waals surface area contributed by atoms with E-state index in [9.17, 15) is 4.79 Å². The Kier molecular flexibility index (Phi) is 1.77. The van der Waals surface area contributed by atoms with Crippen molar-refractivity contribution in [3.05, 3.63) is 24.3 Å². The Balaban J connectivity index is 2.24. The highest BCUT2D eigenvalue weighted by Crippen LogP contribution is 2.22. The van der Waals surface area contributed by atoms with Gasteiger partial charge in [-0.15, -0.1) is 0 Å². The van der Waals surface area contributed by atoms with Gasteiger partial charge in [-0.05, 0) is 6.08 Å². The van der Waals surface area contributed by atoms with Crippen LogP contribution in [0.2, 0.25) is 0 Å². The van der Waals surface area contributed by atoms with Crippen LogP contribution in [0.1, 0.15) is 12.8 Å². The number of carbonyl (C=O) groups is 1. The molecule has 0 aromatic carbocycles. The SMILES string of the molecule is NC1(N2N=CCC2=O)C=CC=CC1. The van der Waals surface area contributed by atoms with E-state index >= 15 is 0 Å². The van der Waals surface area contributed by atoms with Gasteiger partial charge >= 0.3 is 0 Å². The number of amides is 1. The summed E-state index contributed by atoms with van der Waals surface area (Å²) in [6.45, 7) is 0. The van der Waals surface area contributed by atoms with Crippen LogP contribution in [-0.4, -0.2) is 22.8 Å². The molecule has 0 saturated carbocycles. The van der Waals surface area contributed by atoms with Gasteiger partial charge in [-0.3, -0.25) is 4.79 Å². The molecule has 13 heavy (non-hydrogen) atoms. The molecule has 2 aliphatic rings. The molecule has 0 spiro atoms. The van der Waals surface area contributed by atoms with E-state index in [0.717, 1.165) is 0 Å². The van der Waals surface area contributed by atoms with Gasteiger partial charge in [0.15, 0.2) is 0 Å².